The largest absolute Gasteiger partial charge is 0.463 e. The van der Waals surface area contributed by atoms with Crippen molar-refractivity contribution in [3.63, 3.8) is 0 Å². The summed E-state index contributed by atoms with van der Waals surface area (Å²) in [5.74, 6) is -0.322. The minimum atomic E-state index is -0.592. The molecular formula is C31H41FO7S2. The molecule has 0 N–H and O–H groups in total. The minimum absolute atomic E-state index is 0.105. The molecule has 0 spiro atoms. The summed E-state index contributed by atoms with van der Waals surface area (Å²) in [4.78, 5) is 24.1. The number of rotatable bonds is 20. The fourth-order valence-corrected chi connectivity index (χ4v) is 7.18. The molecule has 0 radical (unpaired) electrons. The smallest absolute Gasteiger partial charge is 0.313 e. The van der Waals surface area contributed by atoms with Crippen LogP contribution >= 0.6 is 21.6 Å². The quantitative estimate of drug-likeness (QED) is 0.0958. The first-order valence-electron chi connectivity index (χ1n) is 14.2. The summed E-state index contributed by atoms with van der Waals surface area (Å²) in [6.07, 6.45) is 4.88. The maximum Gasteiger partial charge on any atom is 0.313 e. The molecule has 0 aliphatic carbocycles. The Morgan fingerprint density at radius 1 is 0.878 bits per heavy atom. The van der Waals surface area contributed by atoms with Crippen molar-refractivity contribution in [2.45, 2.75) is 50.2 Å². The molecule has 1 fully saturated rings. The predicted molar refractivity (Wildman–Crippen MR) is 162 cm³/mol. The third-order valence-electron chi connectivity index (χ3n) is 6.52. The Balaban J connectivity index is 1.11. The third-order valence-corrected chi connectivity index (χ3v) is 9.53. The van der Waals surface area contributed by atoms with Gasteiger partial charge in [0.05, 0.1) is 45.6 Å². The predicted octanol–water partition coefficient (Wildman–Crippen LogP) is 6.45. The lowest BCUT2D eigenvalue weighted by Gasteiger charge is -2.13. The van der Waals surface area contributed by atoms with Crippen LogP contribution in [0.5, 0.6) is 0 Å². The Hall–Kier alpha value is -2.11. The molecule has 1 aliphatic rings. The first-order valence-corrected chi connectivity index (χ1v) is 16.6. The van der Waals surface area contributed by atoms with Gasteiger partial charge in [0.25, 0.3) is 0 Å². The summed E-state index contributed by atoms with van der Waals surface area (Å²) >= 11 is 0. The zero-order valence-electron chi connectivity index (χ0n) is 23.7. The van der Waals surface area contributed by atoms with E-state index in [0.29, 0.717) is 50.6 Å². The summed E-state index contributed by atoms with van der Waals surface area (Å²) < 4.78 is 41.4. The fraction of sp³-hybridized carbons (Fsp3) is 0.548. The van der Waals surface area contributed by atoms with E-state index < -0.39 is 11.9 Å². The van der Waals surface area contributed by atoms with E-state index in [2.05, 4.69) is 0 Å². The number of ether oxygens (including phenoxy) is 5. The van der Waals surface area contributed by atoms with Crippen LogP contribution in [-0.4, -0.2) is 75.8 Å². The van der Waals surface area contributed by atoms with Gasteiger partial charge in [-0.3, -0.25) is 9.59 Å². The molecule has 7 nitrogen and oxygen atoms in total. The number of hydrogen-bond donors (Lipinski definition) is 0. The monoisotopic (exact) mass is 608 g/mol. The van der Waals surface area contributed by atoms with E-state index in [0.717, 1.165) is 23.7 Å². The summed E-state index contributed by atoms with van der Waals surface area (Å²) in [6, 6.07) is 14.1. The van der Waals surface area contributed by atoms with Crippen LogP contribution in [-0.2, 0) is 33.3 Å². The molecule has 41 heavy (non-hydrogen) atoms. The van der Waals surface area contributed by atoms with Crippen LogP contribution in [0.15, 0.2) is 48.5 Å². The van der Waals surface area contributed by atoms with E-state index in [1.807, 2.05) is 51.9 Å². The van der Waals surface area contributed by atoms with Gasteiger partial charge in [0.1, 0.15) is 19.0 Å². The van der Waals surface area contributed by atoms with Gasteiger partial charge in [-0.25, -0.2) is 4.39 Å². The number of carbonyl (C=O) groups excluding carboxylic acids is 2. The van der Waals surface area contributed by atoms with Gasteiger partial charge >= 0.3 is 11.9 Å². The zero-order chi connectivity index (χ0) is 29.1. The average molecular weight is 609 g/mol. The number of esters is 2. The molecule has 2 aromatic carbocycles. The highest BCUT2D eigenvalue weighted by Crippen LogP contribution is 2.39. The summed E-state index contributed by atoms with van der Waals surface area (Å²) in [7, 11) is 3.92. The van der Waals surface area contributed by atoms with Crippen molar-refractivity contribution in [3.05, 3.63) is 59.9 Å². The normalized spacial score (nSPS) is 15.5. The topological polar surface area (TPSA) is 80.3 Å². The number of carbonyl (C=O) groups is 2. The highest BCUT2D eigenvalue weighted by atomic mass is 33.1. The minimum Gasteiger partial charge on any atom is -0.463 e. The van der Waals surface area contributed by atoms with Crippen LogP contribution in [0.1, 0.15) is 50.5 Å². The van der Waals surface area contributed by atoms with Crippen molar-refractivity contribution in [1.82, 2.24) is 0 Å². The first kappa shape index (κ1) is 33.4. The molecular weight excluding hydrogens is 567 g/mol. The lowest BCUT2D eigenvalue weighted by atomic mass is 9.97. The van der Waals surface area contributed by atoms with Crippen LogP contribution in [0.2, 0.25) is 0 Å². The number of unbranched alkanes of at least 4 members (excludes halogenated alkanes) is 1. The molecule has 2 unspecified atom stereocenters. The van der Waals surface area contributed by atoms with Gasteiger partial charge in [0.2, 0.25) is 0 Å². The SMILES string of the molecule is CC(C(=O)OCCOCCOCCOCCOC(=O)CCCCC1CCSS1)c1ccc(-c2ccccc2)c(F)c1. The second-order valence-corrected chi connectivity index (χ2v) is 12.4. The maximum absolute atomic E-state index is 14.6. The number of benzene rings is 2. The van der Waals surface area contributed by atoms with Crippen molar-refractivity contribution in [1.29, 1.82) is 0 Å². The zero-order valence-corrected chi connectivity index (χ0v) is 25.4. The Kier molecular flexibility index (Phi) is 16.2. The van der Waals surface area contributed by atoms with Gasteiger partial charge in [-0.15, -0.1) is 0 Å². The standard InChI is InChI=1S/C31H41FO7S2/c1-24(26-11-12-28(29(32)23-26)25-7-3-2-4-8-25)31(34)39-21-19-37-17-15-35-14-16-36-18-20-38-30(33)10-6-5-9-27-13-22-40-41-27/h2-4,7-8,11-12,23-24,27H,5-6,9-10,13-22H2,1H3. The Labute approximate surface area is 250 Å². The van der Waals surface area contributed by atoms with E-state index in [9.17, 15) is 14.0 Å². The first-order chi connectivity index (χ1) is 20.0. The van der Waals surface area contributed by atoms with Crippen molar-refractivity contribution in [2.24, 2.45) is 0 Å². The fourth-order valence-electron chi connectivity index (χ4n) is 4.15. The molecule has 1 aliphatic heterocycles. The van der Waals surface area contributed by atoms with Crippen LogP contribution < -0.4 is 0 Å². The van der Waals surface area contributed by atoms with E-state index >= 15 is 0 Å². The molecule has 0 bridgehead atoms. The van der Waals surface area contributed by atoms with Crippen molar-refractivity contribution < 1.29 is 37.7 Å². The molecule has 0 aromatic heterocycles. The van der Waals surface area contributed by atoms with Gasteiger partial charge in [-0.2, -0.15) is 0 Å². The summed E-state index contributed by atoms with van der Waals surface area (Å²) in [6.45, 7) is 4.17. The molecule has 1 saturated heterocycles. The Morgan fingerprint density at radius 2 is 1.54 bits per heavy atom. The lowest BCUT2D eigenvalue weighted by molar-refractivity contribution is -0.147. The van der Waals surface area contributed by atoms with Gasteiger partial charge in [-0.05, 0) is 43.4 Å². The van der Waals surface area contributed by atoms with E-state index in [4.69, 9.17) is 23.7 Å². The number of halogens is 1. The van der Waals surface area contributed by atoms with Crippen molar-refractivity contribution in [2.75, 3.05) is 58.6 Å². The molecule has 2 atom stereocenters. The summed E-state index contributed by atoms with van der Waals surface area (Å²) in [5, 5.41) is 0.751. The van der Waals surface area contributed by atoms with Gasteiger partial charge < -0.3 is 23.7 Å². The Bertz CT molecular complexity index is 1030. The van der Waals surface area contributed by atoms with Crippen LogP contribution in [0.3, 0.4) is 0 Å². The highest BCUT2D eigenvalue weighted by Gasteiger charge is 2.19. The van der Waals surface area contributed by atoms with Crippen LogP contribution in [0.4, 0.5) is 4.39 Å². The van der Waals surface area contributed by atoms with Crippen LogP contribution in [0, 0.1) is 5.82 Å². The van der Waals surface area contributed by atoms with Crippen molar-refractivity contribution >= 4 is 33.5 Å². The molecule has 0 amide bonds. The van der Waals surface area contributed by atoms with E-state index in [-0.39, 0.29) is 31.6 Å². The van der Waals surface area contributed by atoms with Crippen molar-refractivity contribution in [3.8, 4) is 11.1 Å². The molecule has 3 rings (SSSR count). The van der Waals surface area contributed by atoms with E-state index in [1.165, 1.54) is 24.7 Å². The van der Waals surface area contributed by atoms with E-state index in [1.54, 1.807) is 19.1 Å². The summed E-state index contributed by atoms with van der Waals surface area (Å²) in [5.41, 5.74) is 1.84. The second kappa shape index (κ2) is 19.9. The van der Waals surface area contributed by atoms with Crippen LogP contribution in [0.25, 0.3) is 11.1 Å². The Morgan fingerprint density at radius 3 is 2.17 bits per heavy atom. The maximum atomic E-state index is 14.6. The molecule has 10 heteroatoms. The van der Waals surface area contributed by atoms with Gasteiger partial charge in [0.15, 0.2) is 0 Å². The number of hydrogen-bond acceptors (Lipinski definition) is 9. The third kappa shape index (κ3) is 13.2. The average Bonchev–Trinajstić information content (AvgIpc) is 3.51. The molecule has 226 valence electrons. The molecule has 2 aromatic rings. The van der Waals surface area contributed by atoms with Gasteiger partial charge in [0, 0.05) is 23.0 Å². The second-order valence-electron chi connectivity index (χ2n) is 9.63. The molecule has 0 saturated carbocycles. The van der Waals surface area contributed by atoms with Gasteiger partial charge in [-0.1, -0.05) is 70.5 Å². The lowest BCUT2D eigenvalue weighted by Crippen LogP contribution is -2.18. The highest BCUT2D eigenvalue weighted by molar-refractivity contribution is 8.77. The molecule has 1 heterocycles.